The Bertz CT molecular complexity index is 654. The van der Waals surface area contributed by atoms with E-state index in [1.807, 2.05) is 18.3 Å². The first-order chi connectivity index (χ1) is 9.72. The molecule has 1 aliphatic rings. The molecule has 1 aromatic carbocycles. The minimum atomic E-state index is 0.0167. The molecule has 1 aliphatic carbocycles. The minimum Gasteiger partial charge on any atom is -0.256 e. The molecule has 2 unspecified atom stereocenters. The second-order valence-corrected chi connectivity index (χ2v) is 5.58. The number of pyridine rings is 1. The van der Waals surface area contributed by atoms with E-state index >= 15 is 0 Å². The number of aromatic nitrogens is 1. The molecule has 1 heterocycles. The van der Waals surface area contributed by atoms with Crippen molar-refractivity contribution in [3.05, 3.63) is 78.5 Å². The number of hydrogen-bond acceptors (Lipinski definition) is 1. The van der Waals surface area contributed by atoms with Crippen LogP contribution in [0.4, 0.5) is 0 Å². The lowest BCUT2D eigenvalue weighted by Crippen LogP contribution is -2.29. The Morgan fingerprint density at radius 2 is 1.80 bits per heavy atom. The number of allylic oxidation sites excluding steroid dienone is 4. The molecule has 1 nitrogen and oxygen atoms in total. The SMILES string of the molecule is CC1C=CC=CC1(C)c1ccccc1-c1ccccn1. The molecule has 3 rings (SSSR count). The molecule has 0 saturated carbocycles. The van der Waals surface area contributed by atoms with Crippen LogP contribution in [0, 0.1) is 5.92 Å². The zero-order valence-electron chi connectivity index (χ0n) is 12.0. The second kappa shape index (κ2) is 5.09. The van der Waals surface area contributed by atoms with Crippen LogP contribution in [0.15, 0.2) is 73.0 Å². The highest BCUT2D eigenvalue weighted by molar-refractivity contribution is 5.66. The van der Waals surface area contributed by atoms with E-state index in [0.717, 1.165) is 5.69 Å². The normalized spacial score (nSPS) is 24.8. The molecule has 100 valence electrons. The van der Waals surface area contributed by atoms with Gasteiger partial charge >= 0.3 is 0 Å². The molecule has 0 amide bonds. The summed E-state index contributed by atoms with van der Waals surface area (Å²) in [6.07, 6.45) is 10.7. The van der Waals surface area contributed by atoms with Crippen molar-refractivity contribution < 1.29 is 0 Å². The Morgan fingerprint density at radius 3 is 2.55 bits per heavy atom. The molecule has 0 fully saturated rings. The first-order valence-corrected chi connectivity index (χ1v) is 7.09. The molecule has 1 aromatic heterocycles. The number of rotatable bonds is 2. The quantitative estimate of drug-likeness (QED) is 0.759. The van der Waals surface area contributed by atoms with Gasteiger partial charge in [0.25, 0.3) is 0 Å². The Kier molecular flexibility index (Phi) is 3.27. The molecule has 0 radical (unpaired) electrons. The maximum Gasteiger partial charge on any atom is 0.0705 e. The van der Waals surface area contributed by atoms with Gasteiger partial charge in [-0.25, -0.2) is 0 Å². The Balaban J connectivity index is 2.16. The van der Waals surface area contributed by atoms with Gasteiger partial charge in [-0.05, 0) is 23.6 Å². The molecule has 0 saturated heterocycles. The van der Waals surface area contributed by atoms with Gasteiger partial charge < -0.3 is 0 Å². The third-order valence-corrected chi connectivity index (χ3v) is 4.35. The summed E-state index contributed by atoms with van der Waals surface area (Å²) in [5, 5.41) is 0. The van der Waals surface area contributed by atoms with Crippen LogP contribution in [-0.4, -0.2) is 4.98 Å². The maximum absolute atomic E-state index is 4.52. The van der Waals surface area contributed by atoms with Crippen LogP contribution in [-0.2, 0) is 5.41 Å². The highest BCUT2D eigenvalue weighted by Gasteiger charge is 2.32. The van der Waals surface area contributed by atoms with Crippen molar-refractivity contribution in [2.45, 2.75) is 19.3 Å². The summed E-state index contributed by atoms with van der Waals surface area (Å²) in [7, 11) is 0. The van der Waals surface area contributed by atoms with Crippen LogP contribution >= 0.6 is 0 Å². The predicted molar refractivity (Wildman–Crippen MR) is 84.5 cm³/mol. The van der Waals surface area contributed by atoms with Crippen LogP contribution < -0.4 is 0 Å². The van der Waals surface area contributed by atoms with Gasteiger partial charge in [0.15, 0.2) is 0 Å². The predicted octanol–water partition coefficient (Wildman–Crippen LogP) is 4.77. The van der Waals surface area contributed by atoms with E-state index in [1.54, 1.807) is 0 Å². The summed E-state index contributed by atoms with van der Waals surface area (Å²) >= 11 is 0. The lowest BCUT2D eigenvalue weighted by atomic mass is 9.69. The standard InChI is InChI=1S/C19H19N/c1-15-9-5-7-13-19(15,2)17-11-4-3-10-16(17)18-12-6-8-14-20-18/h3-15H,1-2H3. The molecule has 0 bridgehead atoms. The molecule has 2 aromatic rings. The fourth-order valence-electron chi connectivity index (χ4n) is 2.87. The van der Waals surface area contributed by atoms with Crippen molar-refractivity contribution in [3.63, 3.8) is 0 Å². The molecule has 20 heavy (non-hydrogen) atoms. The molecule has 0 aliphatic heterocycles. The lowest BCUT2D eigenvalue weighted by Gasteiger charge is -2.35. The van der Waals surface area contributed by atoms with Gasteiger partial charge in [-0.15, -0.1) is 0 Å². The van der Waals surface area contributed by atoms with Crippen molar-refractivity contribution in [2.75, 3.05) is 0 Å². The van der Waals surface area contributed by atoms with Crippen LogP contribution in [0.25, 0.3) is 11.3 Å². The Morgan fingerprint density at radius 1 is 1.00 bits per heavy atom. The van der Waals surface area contributed by atoms with Crippen LogP contribution in [0.1, 0.15) is 19.4 Å². The zero-order chi connectivity index (χ0) is 14.0. The van der Waals surface area contributed by atoms with Crippen molar-refractivity contribution in [2.24, 2.45) is 5.92 Å². The topological polar surface area (TPSA) is 12.9 Å². The number of nitrogens with zero attached hydrogens (tertiary/aromatic N) is 1. The van der Waals surface area contributed by atoms with Crippen molar-refractivity contribution in [3.8, 4) is 11.3 Å². The second-order valence-electron chi connectivity index (χ2n) is 5.58. The highest BCUT2D eigenvalue weighted by atomic mass is 14.7. The van der Waals surface area contributed by atoms with E-state index < -0.39 is 0 Å². The smallest absolute Gasteiger partial charge is 0.0705 e. The third kappa shape index (κ3) is 2.09. The highest BCUT2D eigenvalue weighted by Crippen LogP contribution is 2.41. The largest absolute Gasteiger partial charge is 0.256 e. The van der Waals surface area contributed by atoms with Crippen molar-refractivity contribution >= 4 is 0 Å². The summed E-state index contributed by atoms with van der Waals surface area (Å²) < 4.78 is 0. The number of hydrogen-bond donors (Lipinski definition) is 0. The number of benzene rings is 1. The first kappa shape index (κ1) is 12.9. The molecule has 0 N–H and O–H groups in total. The summed E-state index contributed by atoms with van der Waals surface area (Å²) in [6.45, 7) is 4.58. The Hall–Kier alpha value is -2.15. The average Bonchev–Trinajstić information content (AvgIpc) is 2.51. The molecule has 2 atom stereocenters. The van der Waals surface area contributed by atoms with Crippen molar-refractivity contribution in [1.29, 1.82) is 0 Å². The zero-order valence-corrected chi connectivity index (χ0v) is 12.0. The van der Waals surface area contributed by atoms with E-state index in [1.165, 1.54) is 11.1 Å². The van der Waals surface area contributed by atoms with Crippen LogP contribution in [0.2, 0.25) is 0 Å². The van der Waals surface area contributed by atoms with Gasteiger partial charge in [0.05, 0.1) is 5.69 Å². The fourth-order valence-corrected chi connectivity index (χ4v) is 2.87. The summed E-state index contributed by atoms with van der Waals surface area (Å²) in [5.74, 6) is 0.470. The summed E-state index contributed by atoms with van der Waals surface area (Å²) in [4.78, 5) is 4.52. The van der Waals surface area contributed by atoms with Gasteiger partial charge in [0.1, 0.15) is 0 Å². The third-order valence-electron chi connectivity index (χ3n) is 4.35. The lowest BCUT2D eigenvalue weighted by molar-refractivity contribution is 0.458. The van der Waals surface area contributed by atoms with Crippen LogP contribution in [0.3, 0.4) is 0 Å². The van der Waals surface area contributed by atoms with Crippen molar-refractivity contribution in [1.82, 2.24) is 4.98 Å². The summed E-state index contributed by atoms with van der Waals surface area (Å²) in [5.41, 5.74) is 3.62. The summed E-state index contributed by atoms with van der Waals surface area (Å²) in [6, 6.07) is 14.7. The van der Waals surface area contributed by atoms with Gasteiger partial charge in [-0.1, -0.05) is 68.5 Å². The van der Waals surface area contributed by atoms with Gasteiger partial charge in [-0.2, -0.15) is 0 Å². The van der Waals surface area contributed by atoms with E-state index in [-0.39, 0.29) is 5.41 Å². The van der Waals surface area contributed by atoms with Gasteiger partial charge in [-0.3, -0.25) is 4.98 Å². The average molecular weight is 261 g/mol. The van der Waals surface area contributed by atoms with E-state index in [4.69, 9.17) is 0 Å². The Labute approximate surface area is 120 Å². The monoisotopic (exact) mass is 261 g/mol. The van der Waals surface area contributed by atoms with E-state index in [2.05, 4.69) is 73.5 Å². The maximum atomic E-state index is 4.52. The first-order valence-electron chi connectivity index (χ1n) is 7.09. The fraction of sp³-hybridized carbons (Fsp3) is 0.211. The molecule has 1 heteroatoms. The van der Waals surface area contributed by atoms with Crippen LogP contribution in [0.5, 0.6) is 0 Å². The molecular formula is C19H19N. The molecular weight excluding hydrogens is 242 g/mol. The van der Waals surface area contributed by atoms with Gasteiger partial charge in [0.2, 0.25) is 0 Å². The molecule has 0 spiro atoms. The van der Waals surface area contributed by atoms with E-state index in [0.29, 0.717) is 5.92 Å². The van der Waals surface area contributed by atoms with Gasteiger partial charge in [0, 0.05) is 17.2 Å². The minimum absolute atomic E-state index is 0.0167. The van der Waals surface area contributed by atoms with E-state index in [9.17, 15) is 0 Å².